The fourth-order valence-electron chi connectivity index (χ4n) is 4.13. The average Bonchev–Trinajstić information content (AvgIpc) is 2.82. The number of aromatic nitrogens is 2. The van der Waals surface area contributed by atoms with Crippen LogP contribution in [-0.2, 0) is 12.8 Å². The lowest BCUT2D eigenvalue weighted by Crippen LogP contribution is -2.24. The summed E-state index contributed by atoms with van der Waals surface area (Å²) in [4.78, 5) is 21.1. The quantitative estimate of drug-likeness (QED) is 0.219. The normalized spacial score (nSPS) is 12.5. The predicted octanol–water partition coefficient (Wildman–Crippen LogP) is 4.23. The van der Waals surface area contributed by atoms with Gasteiger partial charge >= 0.3 is 0 Å². The first kappa shape index (κ1) is 23.8. The minimum atomic E-state index is -0.107. The minimum absolute atomic E-state index is 0. The van der Waals surface area contributed by atoms with E-state index in [1.807, 2.05) is 0 Å². The third-order valence-corrected chi connectivity index (χ3v) is 5.78. The van der Waals surface area contributed by atoms with Crippen molar-refractivity contribution >= 4 is 40.7 Å². The van der Waals surface area contributed by atoms with Gasteiger partial charge in [0.15, 0.2) is 0 Å². The van der Waals surface area contributed by atoms with Gasteiger partial charge in [0.05, 0.1) is 11.1 Å². The van der Waals surface area contributed by atoms with Crippen molar-refractivity contribution in [2.24, 2.45) is 5.84 Å². The Balaban J connectivity index is 0.00000289. The molecule has 0 spiro atoms. The highest BCUT2D eigenvalue weighted by atomic mass is 35.5. The number of unbranched alkanes of at least 4 members (excludes halogenated alkanes) is 2. The molecule has 0 saturated heterocycles. The Morgan fingerprint density at radius 1 is 1.00 bits per heavy atom. The molecule has 3 aromatic rings. The molecule has 1 aliphatic carbocycles. The van der Waals surface area contributed by atoms with Crippen LogP contribution in [0.25, 0.3) is 10.9 Å². The highest BCUT2D eigenvalue weighted by Crippen LogP contribution is 2.33. The van der Waals surface area contributed by atoms with E-state index in [9.17, 15) is 4.79 Å². The fraction of sp³-hybridized carbons (Fsp3) is 0.375. The van der Waals surface area contributed by atoms with Crippen LogP contribution in [0.2, 0.25) is 0 Å². The Bertz CT molecular complexity index is 1040. The van der Waals surface area contributed by atoms with E-state index in [4.69, 9.17) is 10.8 Å². The van der Waals surface area contributed by atoms with Gasteiger partial charge in [-0.1, -0.05) is 18.2 Å². The SMILES string of the molecule is Cl.NNc1ccc(C(=O)NCCCCCNc2c3c(nc4ccccc24)CCCC3)cn1. The molecule has 0 radical (unpaired) electrons. The number of nitrogens with one attached hydrogen (secondary N) is 3. The van der Waals surface area contributed by atoms with E-state index in [1.165, 1.54) is 41.4 Å². The summed E-state index contributed by atoms with van der Waals surface area (Å²) in [5.41, 5.74) is 8.01. The van der Waals surface area contributed by atoms with E-state index < -0.39 is 0 Å². The van der Waals surface area contributed by atoms with E-state index in [0.717, 1.165) is 44.2 Å². The third-order valence-electron chi connectivity index (χ3n) is 5.78. The van der Waals surface area contributed by atoms with Crippen molar-refractivity contribution in [3.8, 4) is 0 Å². The highest BCUT2D eigenvalue weighted by molar-refractivity contribution is 5.94. The van der Waals surface area contributed by atoms with Gasteiger partial charge in [-0.05, 0) is 68.7 Å². The Hall–Kier alpha value is -2.90. The number of amides is 1. The average molecular weight is 455 g/mol. The van der Waals surface area contributed by atoms with Crippen molar-refractivity contribution in [2.45, 2.75) is 44.9 Å². The number of hydrogen-bond donors (Lipinski definition) is 4. The molecule has 32 heavy (non-hydrogen) atoms. The Morgan fingerprint density at radius 2 is 1.81 bits per heavy atom. The number of aryl methyl sites for hydroxylation is 1. The first-order valence-electron chi connectivity index (χ1n) is 11.1. The topological polar surface area (TPSA) is 105 Å². The number of fused-ring (bicyclic) bond motifs is 2. The summed E-state index contributed by atoms with van der Waals surface area (Å²) in [7, 11) is 0. The van der Waals surface area contributed by atoms with Crippen LogP contribution in [0.1, 0.15) is 53.7 Å². The lowest BCUT2D eigenvalue weighted by atomic mass is 9.92. The minimum Gasteiger partial charge on any atom is -0.384 e. The highest BCUT2D eigenvalue weighted by Gasteiger charge is 2.17. The Morgan fingerprint density at radius 3 is 2.62 bits per heavy atom. The molecular formula is C24H31ClN6O. The number of nitrogens with zero attached hydrogens (tertiary/aromatic N) is 2. The lowest BCUT2D eigenvalue weighted by molar-refractivity contribution is 0.0952. The maximum absolute atomic E-state index is 12.2. The summed E-state index contributed by atoms with van der Waals surface area (Å²) in [6.07, 6.45) is 9.23. The molecule has 5 N–H and O–H groups in total. The predicted molar refractivity (Wildman–Crippen MR) is 132 cm³/mol. The van der Waals surface area contributed by atoms with E-state index in [2.05, 4.69) is 45.3 Å². The summed E-state index contributed by atoms with van der Waals surface area (Å²) in [5.74, 6) is 5.72. The zero-order chi connectivity index (χ0) is 21.5. The third kappa shape index (κ3) is 5.66. The second kappa shape index (κ2) is 11.6. The second-order valence-corrected chi connectivity index (χ2v) is 7.96. The van der Waals surface area contributed by atoms with Crippen LogP contribution in [0.5, 0.6) is 0 Å². The molecule has 0 unspecified atom stereocenters. The van der Waals surface area contributed by atoms with Gasteiger partial charge in [-0.2, -0.15) is 0 Å². The molecule has 4 rings (SSSR count). The molecule has 2 heterocycles. The lowest BCUT2D eigenvalue weighted by Gasteiger charge is -2.21. The smallest absolute Gasteiger partial charge is 0.252 e. The number of halogens is 1. The largest absolute Gasteiger partial charge is 0.384 e. The fourth-order valence-corrected chi connectivity index (χ4v) is 4.13. The zero-order valence-electron chi connectivity index (χ0n) is 18.2. The molecule has 0 aliphatic heterocycles. The summed E-state index contributed by atoms with van der Waals surface area (Å²) in [5, 5.41) is 7.87. The Labute approximate surface area is 195 Å². The number of carbonyl (C=O) groups is 1. The van der Waals surface area contributed by atoms with Crippen LogP contribution in [0.4, 0.5) is 11.5 Å². The molecule has 0 bridgehead atoms. The number of rotatable bonds is 9. The van der Waals surface area contributed by atoms with Crippen LogP contribution in [0.15, 0.2) is 42.6 Å². The van der Waals surface area contributed by atoms with Crippen molar-refractivity contribution in [1.82, 2.24) is 15.3 Å². The number of hydrazine groups is 1. The van der Waals surface area contributed by atoms with Crippen molar-refractivity contribution in [2.75, 3.05) is 23.8 Å². The number of nitrogen functional groups attached to an aromatic ring is 1. The van der Waals surface area contributed by atoms with Crippen LogP contribution in [0.3, 0.4) is 0 Å². The standard InChI is InChI=1S/C24H30N6O.ClH/c25-30-22-13-12-17(16-28-22)24(31)27-15-7-1-6-14-26-23-18-8-2-4-10-20(18)29-21-11-5-3-9-19(21)23;/h2,4,8,10,12-13,16H,1,3,5-7,9,11,14-15,25H2,(H,26,29)(H,27,31)(H,28,30);1H. The van der Waals surface area contributed by atoms with Gasteiger partial charge in [0, 0.05) is 36.1 Å². The molecule has 170 valence electrons. The van der Waals surface area contributed by atoms with Gasteiger partial charge in [-0.25, -0.2) is 10.8 Å². The zero-order valence-corrected chi connectivity index (χ0v) is 19.0. The van der Waals surface area contributed by atoms with Crippen molar-refractivity contribution in [3.05, 3.63) is 59.4 Å². The summed E-state index contributed by atoms with van der Waals surface area (Å²) < 4.78 is 0. The number of para-hydroxylation sites is 1. The number of pyridine rings is 2. The first-order chi connectivity index (χ1) is 15.3. The molecule has 0 fully saturated rings. The molecule has 1 amide bonds. The molecule has 1 aliphatic rings. The van der Waals surface area contributed by atoms with Crippen molar-refractivity contribution in [1.29, 1.82) is 0 Å². The van der Waals surface area contributed by atoms with E-state index in [1.54, 1.807) is 12.1 Å². The molecule has 0 atom stereocenters. The number of nitrogens with two attached hydrogens (primary N) is 1. The van der Waals surface area contributed by atoms with Gasteiger partial charge in [0.2, 0.25) is 0 Å². The first-order valence-corrected chi connectivity index (χ1v) is 11.1. The number of hydrogen-bond acceptors (Lipinski definition) is 6. The van der Waals surface area contributed by atoms with Gasteiger partial charge in [0.1, 0.15) is 5.82 Å². The molecule has 2 aromatic heterocycles. The summed E-state index contributed by atoms with van der Waals surface area (Å²) >= 11 is 0. The maximum Gasteiger partial charge on any atom is 0.252 e. The maximum atomic E-state index is 12.2. The molecule has 1 aromatic carbocycles. The van der Waals surface area contributed by atoms with Gasteiger partial charge in [0.25, 0.3) is 5.91 Å². The van der Waals surface area contributed by atoms with Crippen LogP contribution < -0.4 is 21.9 Å². The number of carbonyl (C=O) groups excluding carboxylic acids is 1. The van der Waals surface area contributed by atoms with Crippen LogP contribution >= 0.6 is 12.4 Å². The summed E-state index contributed by atoms with van der Waals surface area (Å²) in [6, 6.07) is 11.8. The van der Waals surface area contributed by atoms with E-state index in [0.29, 0.717) is 17.9 Å². The monoisotopic (exact) mass is 454 g/mol. The van der Waals surface area contributed by atoms with Crippen molar-refractivity contribution < 1.29 is 4.79 Å². The van der Waals surface area contributed by atoms with E-state index >= 15 is 0 Å². The number of anilines is 2. The molecule has 8 heteroatoms. The van der Waals surface area contributed by atoms with Gasteiger partial charge in [-0.15, -0.1) is 12.4 Å². The van der Waals surface area contributed by atoms with Gasteiger partial charge < -0.3 is 16.1 Å². The Kier molecular flexibility index (Phi) is 8.64. The van der Waals surface area contributed by atoms with Gasteiger partial charge in [-0.3, -0.25) is 9.78 Å². The number of benzene rings is 1. The molecular weight excluding hydrogens is 424 g/mol. The molecule has 7 nitrogen and oxygen atoms in total. The van der Waals surface area contributed by atoms with E-state index in [-0.39, 0.29) is 18.3 Å². The van der Waals surface area contributed by atoms with Crippen LogP contribution in [-0.4, -0.2) is 29.0 Å². The second-order valence-electron chi connectivity index (χ2n) is 7.96. The summed E-state index contributed by atoms with van der Waals surface area (Å²) in [6.45, 7) is 1.58. The van der Waals surface area contributed by atoms with Crippen LogP contribution in [0, 0.1) is 0 Å². The van der Waals surface area contributed by atoms with Crippen molar-refractivity contribution in [3.63, 3.8) is 0 Å². The molecule has 0 saturated carbocycles.